The molecule has 0 radical (unpaired) electrons. The van der Waals surface area contributed by atoms with Crippen molar-refractivity contribution in [2.45, 2.75) is 51.1 Å². The Morgan fingerprint density at radius 1 is 1.16 bits per heavy atom. The Hall–Kier alpha value is -0.970. The molecule has 2 atom stereocenters. The number of nitrogens with one attached hydrogen (secondary N) is 1. The minimum absolute atomic E-state index is 0. The summed E-state index contributed by atoms with van der Waals surface area (Å²) in [5, 5.41) is 3.46. The topological polar surface area (TPSA) is 35.6 Å². The first-order valence-electron chi connectivity index (χ1n) is 9.05. The monoisotopic (exact) mass is 387 g/mol. The lowest BCUT2D eigenvalue weighted by Gasteiger charge is -2.28. The summed E-state index contributed by atoms with van der Waals surface area (Å²) < 4.78 is 0. The fraction of sp³-hybridized carbons (Fsp3) is 0.632. The maximum atomic E-state index is 13.0. The predicted molar refractivity (Wildman–Crippen MR) is 110 cm³/mol. The first-order valence-corrected chi connectivity index (χ1v) is 9.05. The van der Waals surface area contributed by atoms with Crippen LogP contribution in [-0.4, -0.2) is 49.6 Å². The Balaban J connectivity index is 0.00000156. The molecule has 2 heterocycles. The Kier molecular flexibility index (Phi) is 9.04. The van der Waals surface area contributed by atoms with E-state index in [1.165, 1.54) is 18.5 Å². The average Bonchev–Trinajstić information content (AvgIpc) is 2.85. The molecule has 2 unspecified atom stereocenters. The molecule has 6 heteroatoms. The van der Waals surface area contributed by atoms with Crippen molar-refractivity contribution < 1.29 is 4.79 Å². The fourth-order valence-corrected chi connectivity index (χ4v) is 3.85. The maximum absolute atomic E-state index is 13.0. The molecule has 1 N–H and O–H groups in total. The van der Waals surface area contributed by atoms with Crippen LogP contribution in [-0.2, 0) is 0 Å². The zero-order valence-corrected chi connectivity index (χ0v) is 16.9. The zero-order chi connectivity index (χ0) is 16.2. The Bertz CT molecular complexity index is 524. The highest BCUT2D eigenvalue weighted by Crippen LogP contribution is 2.29. The van der Waals surface area contributed by atoms with Crippen molar-refractivity contribution in [2.24, 2.45) is 0 Å². The second-order valence-corrected chi connectivity index (χ2v) is 6.91. The molecule has 3 rings (SSSR count). The fourth-order valence-electron chi connectivity index (χ4n) is 3.85. The van der Waals surface area contributed by atoms with Crippen molar-refractivity contribution in [3.05, 3.63) is 29.8 Å². The van der Waals surface area contributed by atoms with Gasteiger partial charge in [-0.1, -0.05) is 13.3 Å². The van der Waals surface area contributed by atoms with Crippen LogP contribution in [0.25, 0.3) is 0 Å². The van der Waals surface area contributed by atoms with Crippen molar-refractivity contribution in [3.8, 4) is 0 Å². The van der Waals surface area contributed by atoms with E-state index >= 15 is 0 Å². The van der Waals surface area contributed by atoms with Gasteiger partial charge >= 0.3 is 0 Å². The van der Waals surface area contributed by atoms with E-state index in [-0.39, 0.29) is 30.7 Å². The van der Waals surface area contributed by atoms with Gasteiger partial charge in [-0.05, 0) is 56.5 Å². The second kappa shape index (κ2) is 10.2. The maximum Gasteiger partial charge on any atom is 0.254 e. The van der Waals surface area contributed by atoms with Crippen LogP contribution in [0.1, 0.15) is 49.4 Å². The SMILES string of the molecule is CCCCN(C)c1ccc(C(=O)N2C3CCNCC2CC3)cc1.Cl.Cl. The van der Waals surface area contributed by atoms with Crippen LogP contribution in [0.2, 0.25) is 0 Å². The van der Waals surface area contributed by atoms with E-state index in [0.29, 0.717) is 12.1 Å². The van der Waals surface area contributed by atoms with E-state index in [2.05, 4.69) is 41.2 Å². The number of amides is 1. The van der Waals surface area contributed by atoms with Gasteiger partial charge in [-0.15, -0.1) is 24.8 Å². The highest BCUT2D eigenvalue weighted by atomic mass is 35.5. The number of unbranched alkanes of at least 4 members (excludes halogenated alkanes) is 1. The Morgan fingerprint density at radius 2 is 1.84 bits per heavy atom. The minimum atomic E-state index is 0. The van der Waals surface area contributed by atoms with E-state index in [1.54, 1.807) is 0 Å². The smallest absolute Gasteiger partial charge is 0.254 e. The molecule has 0 spiro atoms. The van der Waals surface area contributed by atoms with E-state index in [9.17, 15) is 4.79 Å². The lowest BCUT2D eigenvalue weighted by Crippen LogP contribution is -2.42. The highest BCUT2D eigenvalue weighted by Gasteiger charge is 2.38. The van der Waals surface area contributed by atoms with Gasteiger partial charge < -0.3 is 15.1 Å². The van der Waals surface area contributed by atoms with Crippen molar-refractivity contribution in [2.75, 3.05) is 31.6 Å². The Morgan fingerprint density at radius 3 is 2.52 bits per heavy atom. The standard InChI is InChI=1S/C19H29N3O.2ClH/c1-3-4-13-21(2)16-7-5-15(6-8-16)19(23)22-17-9-10-18(22)14-20-12-11-17;;/h5-8,17-18,20H,3-4,9-14H2,1-2H3;2*1H. The zero-order valence-electron chi connectivity index (χ0n) is 15.2. The van der Waals surface area contributed by atoms with Gasteiger partial charge in [-0.25, -0.2) is 0 Å². The third-order valence-corrected chi connectivity index (χ3v) is 5.29. The molecule has 2 fully saturated rings. The number of carbonyl (C=O) groups is 1. The van der Waals surface area contributed by atoms with Crippen molar-refractivity contribution in [1.29, 1.82) is 0 Å². The van der Waals surface area contributed by atoms with Crippen LogP contribution in [0, 0.1) is 0 Å². The number of anilines is 1. The van der Waals surface area contributed by atoms with Crippen molar-refractivity contribution in [1.82, 2.24) is 10.2 Å². The van der Waals surface area contributed by atoms with Gasteiger partial charge in [-0.2, -0.15) is 0 Å². The van der Waals surface area contributed by atoms with Crippen LogP contribution in [0.4, 0.5) is 5.69 Å². The second-order valence-electron chi connectivity index (χ2n) is 6.91. The molecule has 2 aliphatic rings. The Labute approximate surface area is 164 Å². The lowest BCUT2D eigenvalue weighted by atomic mass is 10.1. The summed E-state index contributed by atoms with van der Waals surface area (Å²) >= 11 is 0. The summed E-state index contributed by atoms with van der Waals surface area (Å²) in [6, 6.07) is 8.97. The van der Waals surface area contributed by atoms with Crippen LogP contribution in [0.3, 0.4) is 0 Å². The largest absolute Gasteiger partial charge is 0.375 e. The van der Waals surface area contributed by atoms with E-state index in [1.807, 2.05) is 12.1 Å². The molecule has 1 aromatic carbocycles. The molecule has 0 aliphatic carbocycles. The summed E-state index contributed by atoms with van der Waals surface area (Å²) in [7, 11) is 2.12. The number of halogens is 2. The molecule has 2 bridgehead atoms. The normalized spacial score (nSPS) is 21.8. The van der Waals surface area contributed by atoms with Gasteiger partial charge in [0.25, 0.3) is 5.91 Å². The predicted octanol–water partition coefficient (Wildman–Crippen LogP) is 3.73. The van der Waals surface area contributed by atoms with Gasteiger partial charge in [0.05, 0.1) is 0 Å². The number of benzene rings is 1. The number of hydrogen-bond donors (Lipinski definition) is 1. The van der Waals surface area contributed by atoms with Crippen LogP contribution >= 0.6 is 24.8 Å². The molecule has 1 aromatic rings. The van der Waals surface area contributed by atoms with E-state index in [4.69, 9.17) is 0 Å². The number of nitrogens with zero attached hydrogens (tertiary/aromatic N) is 2. The molecule has 25 heavy (non-hydrogen) atoms. The number of rotatable bonds is 5. The number of carbonyl (C=O) groups excluding carboxylic acids is 1. The quantitative estimate of drug-likeness (QED) is 0.835. The molecular weight excluding hydrogens is 357 g/mol. The van der Waals surface area contributed by atoms with Gasteiger partial charge in [0.15, 0.2) is 0 Å². The molecule has 2 aliphatic heterocycles. The molecular formula is C19H31Cl2N3O. The molecule has 0 saturated carbocycles. The van der Waals surface area contributed by atoms with Crippen LogP contribution in [0.5, 0.6) is 0 Å². The van der Waals surface area contributed by atoms with Crippen molar-refractivity contribution in [3.63, 3.8) is 0 Å². The number of fused-ring (bicyclic) bond motifs is 2. The number of hydrogen-bond acceptors (Lipinski definition) is 3. The summed E-state index contributed by atoms with van der Waals surface area (Å²) in [5.74, 6) is 0.212. The van der Waals surface area contributed by atoms with Gasteiger partial charge in [0, 0.05) is 43.5 Å². The third-order valence-electron chi connectivity index (χ3n) is 5.29. The van der Waals surface area contributed by atoms with E-state index < -0.39 is 0 Å². The molecule has 2 saturated heterocycles. The summed E-state index contributed by atoms with van der Waals surface area (Å²) in [6.07, 6.45) is 5.78. The molecule has 142 valence electrons. The molecule has 4 nitrogen and oxygen atoms in total. The first kappa shape index (κ1) is 22.1. The van der Waals surface area contributed by atoms with Gasteiger partial charge in [0.2, 0.25) is 0 Å². The van der Waals surface area contributed by atoms with Gasteiger partial charge in [-0.3, -0.25) is 4.79 Å². The van der Waals surface area contributed by atoms with Crippen molar-refractivity contribution >= 4 is 36.4 Å². The summed E-state index contributed by atoms with van der Waals surface area (Å²) in [4.78, 5) is 17.4. The van der Waals surface area contributed by atoms with Crippen LogP contribution < -0.4 is 10.2 Å². The highest BCUT2D eigenvalue weighted by molar-refractivity contribution is 5.95. The summed E-state index contributed by atoms with van der Waals surface area (Å²) in [5.41, 5.74) is 2.02. The first-order chi connectivity index (χ1) is 11.2. The third kappa shape index (κ3) is 5.02. The molecule has 0 aromatic heterocycles. The van der Waals surface area contributed by atoms with E-state index in [0.717, 1.165) is 44.5 Å². The van der Waals surface area contributed by atoms with Gasteiger partial charge in [0.1, 0.15) is 0 Å². The van der Waals surface area contributed by atoms with Crippen LogP contribution in [0.15, 0.2) is 24.3 Å². The molecule has 1 amide bonds. The minimum Gasteiger partial charge on any atom is -0.375 e. The summed E-state index contributed by atoms with van der Waals surface area (Å²) in [6.45, 7) is 5.25. The average molecular weight is 388 g/mol. The lowest BCUT2D eigenvalue weighted by molar-refractivity contribution is 0.0680.